The third kappa shape index (κ3) is 4.73. The summed E-state index contributed by atoms with van der Waals surface area (Å²) >= 11 is 0. The number of hydrogen-bond donors (Lipinski definition) is 1. The van der Waals surface area contributed by atoms with Crippen LogP contribution in [0.4, 0.5) is 5.69 Å². The van der Waals surface area contributed by atoms with Gasteiger partial charge in [-0.3, -0.25) is 9.59 Å². The lowest BCUT2D eigenvalue weighted by Crippen LogP contribution is -2.38. The van der Waals surface area contributed by atoms with Crippen LogP contribution >= 0.6 is 0 Å². The maximum atomic E-state index is 13.4. The van der Waals surface area contributed by atoms with Crippen molar-refractivity contribution >= 4 is 17.5 Å². The van der Waals surface area contributed by atoms with Gasteiger partial charge in [0.1, 0.15) is 0 Å². The van der Waals surface area contributed by atoms with E-state index in [1.54, 1.807) is 42.2 Å². The highest BCUT2D eigenvalue weighted by atomic mass is 16.5. The lowest BCUT2D eigenvalue weighted by Gasteiger charge is -2.28. The second kappa shape index (κ2) is 8.76. The van der Waals surface area contributed by atoms with Gasteiger partial charge < -0.3 is 19.9 Å². The van der Waals surface area contributed by atoms with Crippen LogP contribution in [0.5, 0.6) is 5.75 Å². The van der Waals surface area contributed by atoms with Crippen molar-refractivity contribution in [2.75, 3.05) is 32.5 Å². The summed E-state index contributed by atoms with van der Waals surface area (Å²) in [4.78, 5) is 29.1. The predicted octanol–water partition coefficient (Wildman–Crippen LogP) is 2.48. The number of nitrogens with zero attached hydrogens (tertiary/aromatic N) is 3. The third-order valence-corrected chi connectivity index (χ3v) is 4.70. The molecule has 1 aliphatic heterocycles. The molecular formula is C22H24N4O3. The molecule has 7 nitrogen and oxygen atoms in total. The van der Waals surface area contributed by atoms with Crippen molar-refractivity contribution < 1.29 is 14.3 Å². The summed E-state index contributed by atoms with van der Waals surface area (Å²) in [7, 11) is 3.90. The Labute approximate surface area is 170 Å². The van der Waals surface area contributed by atoms with Crippen LogP contribution in [-0.4, -0.2) is 54.9 Å². The second-order valence-corrected chi connectivity index (χ2v) is 7.27. The molecule has 0 aliphatic carbocycles. The molecule has 0 saturated heterocycles. The molecule has 1 unspecified atom stereocenters. The number of ether oxygens (including phenoxy) is 1. The molecule has 0 spiro atoms. The number of fused-ring (bicyclic) bond motifs is 1. The van der Waals surface area contributed by atoms with E-state index in [-0.39, 0.29) is 11.8 Å². The van der Waals surface area contributed by atoms with Crippen LogP contribution < -0.4 is 10.1 Å². The van der Waals surface area contributed by atoms with Crippen molar-refractivity contribution in [1.82, 2.24) is 9.80 Å². The van der Waals surface area contributed by atoms with Gasteiger partial charge in [0.15, 0.2) is 11.9 Å². The van der Waals surface area contributed by atoms with Crippen molar-refractivity contribution in [2.45, 2.75) is 19.6 Å². The Morgan fingerprint density at radius 1 is 1.21 bits per heavy atom. The van der Waals surface area contributed by atoms with E-state index >= 15 is 0 Å². The van der Waals surface area contributed by atoms with E-state index < -0.39 is 6.10 Å². The normalized spacial score (nSPS) is 15.1. The van der Waals surface area contributed by atoms with Crippen LogP contribution in [0.15, 0.2) is 42.5 Å². The molecule has 0 saturated carbocycles. The van der Waals surface area contributed by atoms with Crippen molar-refractivity contribution in [3.05, 3.63) is 59.2 Å². The number of para-hydroxylation sites is 1. The molecule has 0 fully saturated rings. The van der Waals surface area contributed by atoms with E-state index in [0.29, 0.717) is 42.2 Å². The van der Waals surface area contributed by atoms with Gasteiger partial charge >= 0.3 is 0 Å². The Bertz CT molecular complexity index is 965. The number of nitriles is 1. The zero-order valence-electron chi connectivity index (χ0n) is 16.8. The van der Waals surface area contributed by atoms with Crippen molar-refractivity contribution in [3.63, 3.8) is 0 Å². The number of anilines is 1. The molecule has 2 aromatic rings. The van der Waals surface area contributed by atoms with E-state index in [0.717, 1.165) is 5.56 Å². The first kappa shape index (κ1) is 20.4. The molecule has 0 aromatic heterocycles. The molecule has 1 heterocycles. The number of carbonyl (C=O) groups excluding carboxylic acids is 2. The van der Waals surface area contributed by atoms with Crippen molar-refractivity contribution in [1.29, 1.82) is 5.26 Å². The molecule has 1 atom stereocenters. The summed E-state index contributed by atoms with van der Waals surface area (Å²) in [6, 6.07) is 14.5. The number of rotatable bonds is 6. The molecule has 3 rings (SSSR count). The quantitative estimate of drug-likeness (QED) is 0.816. The molecular weight excluding hydrogens is 368 g/mol. The predicted molar refractivity (Wildman–Crippen MR) is 110 cm³/mol. The van der Waals surface area contributed by atoms with Crippen LogP contribution in [0.2, 0.25) is 0 Å². The second-order valence-electron chi connectivity index (χ2n) is 7.27. The summed E-state index contributed by atoms with van der Waals surface area (Å²) in [5.74, 6) is -0.0282. The van der Waals surface area contributed by atoms with E-state index in [4.69, 9.17) is 10.00 Å². The molecule has 150 valence electrons. The molecule has 1 aliphatic rings. The van der Waals surface area contributed by atoms with Crippen LogP contribution in [0, 0.1) is 11.3 Å². The van der Waals surface area contributed by atoms with Crippen molar-refractivity contribution in [2.24, 2.45) is 0 Å². The summed E-state index contributed by atoms with van der Waals surface area (Å²) in [6.45, 7) is 3.21. The number of likely N-dealkylation sites (N-methyl/N-ethyl adjacent to an activating group) is 1. The van der Waals surface area contributed by atoms with E-state index in [1.807, 2.05) is 31.1 Å². The minimum atomic E-state index is -0.668. The highest BCUT2D eigenvalue weighted by Crippen LogP contribution is 2.34. The van der Waals surface area contributed by atoms with Crippen LogP contribution in [0.25, 0.3) is 0 Å². The lowest BCUT2D eigenvalue weighted by atomic mass is 10.1. The zero-order valence-corrected chi connectivity index (χ0v) is 16.8. The number of carbonyl (C=O) groups is 2. The number of nitrogens with one attached hydrogen (secondary N) is 1. The fourth-order valence-electron chi connectivity index (χ4n) is 3.10. The van der Waals surface area contributed by atoms with Gasteiger partial charge in [0.2, 0.25) is 0 Å². The average Bonchev–Trinajstić information content (AvgIpc) is 2.71. The molecule has 2 aromatic carbocycles. The van der Waals surface area contributed by atoms with Gasteiger partial charge in [-0.15, -0.1) is 0 Å². The Hall–Kier alpha value is -3.37. The van der Waals surface area contributed by atoms with Gasteiger partial charge in [0.05, 0.1) is 22.9 Å². The smallest absolute Gasteiger partial charge is 0.265 e. The maximum Gasteiger partial charge on any atom is 0.265 e. The summed E-state index contributed by atoms with van der Waals surface area (Å²) in [6.07, 6.45) is -0.668. The molecule has 1 N–H and O–H groups in total. The van der Waals surface area contributed by atoms with Crippen molar-refractivity contribution in [3.8, 4) is 11.8 Å². The van der Waals surface area contributed by atoms with Gasteiger partial charge in [0.25, 0.3) is 11.8 Å². The third-order valence-electron chi connectivity index (χ3n) is 4.70. The number of amides is 2. The van der Waals surface area contributed by atoms with E-state index in [2.05, 4.69) is 11.4 Å². The minimum absolute atomic E-state index is 0.186. The SMILES string of the molecule is CC1Oc2c(cccc2C(=O)N(CCN(C)C)Cc2cccc(C#N)c2)NC1=O. The monoisotopic (exact) mass is 392 g/mol. The molecule has 0 radical (unpaired) electrons. The standard InChI is InChI=1S/C22H24N4O3/c1-15-21(27)24-19-9-5-8-18(20(19)29-15)22(28)26(11-10-25(2)3)14-17-7-4-6-16(12-17)13-23/h4-9,12,15H,10-11,14H2,1-3H3,(H,24,27). The summed E-state index contributed by atoms with van der Waals surface area (Å²) < 4.78 is 5.75. The Morgan fingerprint density at radius 2 is 1.97 bits per heavy atom. The molecule has 7 heteroatoms. The Balaban J connectivity index is 1.92. The van der Waals surface area contributed by atoms with E-state index in [9.17, 15) is 9.59 Å². The first-order valence-electron chi connectivity index (χ1n) is 9.42. The van der Waals surface area contributed by atoms with Crippen LogP contribution in [-0.2, 0) is 11.3 Å². The maximum absolute atomic E-state index is 13.4. The summed E-state index contributed by atoms with van der Waals surface area (Å²) in [5, 5.41) is 11.9. The van der Waals surface area contributed by atoms with Gasteiger partial charge in [-0.25, -0.2) is 0 Å². The van der Waals surface area contributed by atoms with Gasteiger partial charge in [-0.1, -0.05) is 18.2 Å². The minimum Gasteiger partial charge on any atom is -0.478 e. The fourth-order valence-corrected chi connectivity index (χ4v) is 3.10. The summed E-state index contributed by atoms with van der Waals surface area (Å²) in [5.41, 5.74) is 2.34. The first-order chi connectivity index (χ1) is 13.9. The highest BCUT2D eigenvalue weighted by molar-refractivity contribution is 6.04. The number of hydrogen-bond acceptors (Lipinski definition) is 5. The molecule has 2 amide bonds. The Morgan fingerprint density at radius 3 is 2.69 bits per heavy atom. The highest BCUT2D eigenvalue weighted by Gasteiger charge is 2.29. The Kier molecular flexibility index (Phi) is 6.15. The molecule has 29 heavy (non-hydrogen) atoms. The first-order valence-corrected chi connectivity index (χ1v) is 9.42. The largest absolute Gasteiger partial charge is 0.478 e. The lowest BCUT2D eigenvalue weighted by molar-refractivity contribution is -0.122. The van der Waals surface area contributed by atoms with Crippen LogP contribution in [0.1, 0.15) is 28.4 Å². The fraction of sp³-hybridized carbons (Fsp3) is 0.318. The van der Waals surface area contributed by atoms with Gasteiger partial charge in [-0.2, -0.15) is 5.26 Å². The topological polar surface area (TPSA) is 85.7 Å². The number of benzene rings is 2. The van der Waals surface area contributed by atoms with Gasteiger partial charge in [-0.05, 0) is 50.8 Å². The van der Waals surface area contributed by atoms with Gasteiger partial charge in [0, 0.05) is 19.6 Å². The van der Waals surface area contributed by atoms with Crippen LogP contribution in [0.3, 0.4) is 0 Å². The zero-order chi connectivity index (χ0) is 21.0. The molecule has 0 bridgehead atoms. The van der Waals surface area contributed by atoms with E-state index in [1.165, 1.54) is 0 Å². The average molecular weight is 392 g/mol.